The van der Waals surface area contributed by atoms with Crippen LogP contribution in [0.25, 0.3) is 0 Å². The van der Waals surface area contributed by atoms with Gasteiger partial charge >= 0.3 is 0 Å². The molecule has 2 rings (SSSR count). The number of nitrogens with zero attached hydrogens (tertiary/aromatic N) is 3. The molecule has 0 saturated carbocycles. The summed E-state index contributed by atoms with van der Waals surface area (Å²) in [7, 11) is 0. The highest BCUT2D eigenvalue weighted by Crippen LogP contribution is 1.94. The van der Waals surface area contributed by atoms with Crippen LogP contribution in [0.2, 0.25) is 0 Å². The van der Waals surface area contributed by atoms with Crippen LogP contribution in [0, 0.1) is 6.92 Å². The molecule has 0 amide bonds. The maximum Gasteiger partial charge on any atom is 0.0541 e. The zero-order valence-corrected chi connectivity index (χ0v) is 9.43. The van der Waals surface area contributed by atoms with Crippen LogP contribution in [-0.4, -0.2) is 21.3 Å². The summed E-state index contributed by atoms with van der Waals surface area (Å²) in [6.45, 7) is 4.64. The van der Waals surface area contributed by atoms with Gasteiger partial charge in [-0.3, -0.25) is 9.67 Å². The smallest absolute Gasteiger partial charge is 0.0541 e. The second-order valence-electron chi connectivity index (χ2n) is 3.78. The van der Waals surface area contributed by atoms with E-state index in [2.05, 4.69) is 15.4 Å². The molecule has 0 bridgehead atoms. The predicted octanol–water partition coefficient (Wildman–Crippen LogP) is 1.38. The number of aromatic nitrogens is 3. The van der Waals surface area contributed by atoms with E-state index in [1.165, 1.54) is 5.56 Å². The van der Waals surface area contributed by atoms with Gasteiger partial charge in [-0.15, -0.1) is 0 Å². The van der Waals surface area contributed by atoms with Crippen molar-refractivity contribution in [1.29, 1.82) is 0 Å². The molecule has 2 heterocycles. The van der Waals surface area contributed by atoms with Crippen molar-refractivity contribution in [3.8, 4) is 0 Å². The maximum absolute atomic E-state index is 4.24. The molecule has 2 aromatic rings. The molecule has 0 aliphatic heterocycles. The molecule has 0 aromatic carbocycles. The van der Waals surface area contributed by atoms with Crippen LogP contribution in [0.3, 0.4) is 0 Å². The fourth-order valence-corrected chi connectivity index (χ4v) is 1.50. The molecule has 4 nitrogen and oxygen atoms in total. The Bertz CT molecular complexity index is 422. The summed E-state index contributed by atoms with van der Waals surface area (Å²) < 4.78 is 1.95. The molecule has 2 aromatic heterocycles. The van der Waals surface area contributed by atoms with Crippen LogP contribution in [0.5, 0.6) is 0 Å². The van der Waals surface area contributed by atoms with Gasteiger partial charge in [0.05, 0.1) is 18.4 Å². The van der Waals surface area contributed by atoms with Gasteiger partial charge in [0.25, 0.3) is 0 Å². The van der Waals surface area contributed by atoms with Crippen molar-refractivity contribution in [3.05, 3.63) is 48.0 Å². The van der Waals surface area contributed by atoms with Gasteiger partial charge in [0.15, 0.2) is 0 Å². The highest BCUT2D eigenvalue weighted by molar-refractivity contribution is 5.03. The molecule has 0 radical (unpaired) electrons. The normalized spacial score (nSPS) is 10.6. The number of pyridine rings is 1. The monoisotopic (exact) mass is 216 g/mol. The molecule has 0 spiro atoms. The van der Waals surface area contributed by atoms with Crippen molar-refractivity contribution < 1.29 is 0 Å². The van der Waals surface area contributed by atoms with E-state index in [0.717, 1.165) is 25.3 Å². The molecule has 0 fully saturated rings. The minimum Gasteiger partial charge on any atom is -0.309 e. The molecule has 1 N–H and O–H groups in total. The average molecular weight is 216 g/mol. The first-order chi connectivity index (χ1) is 7.84. The molecule has 0 aliphatic carbocycles. The summed E-state index contributed by atoms with van der Waals surface area (Å²) in [6, 6.07) is 5.95. The summed E-state index contributed by atoms with van der Waals surface area (Å²) in [4.78, 5) is 4.24. The van der Waals surface area contributed by atoms with Gasteiger partial charge in [-0.05, 0) is 24.6 Å². The van der Waals surface area contributed by atoms with Gasteiger partial charge in [-0.2, -0.15) is 5.10 Å². The lowest BCUT2D eigenvalue weighted by molar-refractivity contribution is 0.551. The van der Waals surface area contributed by atoms with Crippen molar-refractivity contribution in [1.82, 2.24) is 20.1 Å². The van der Waals surface area contributed by atoms with Gasteiger partial charge in [0, 0.05) is 25.5 Å². The highest BCUT2D eigenvalue weighted by atomic mass is 15.3. The van der Waals surface area contributed by atoms with Crippen LogP contribution >= 0.6 is 0 Å². The van der Waals surface area contributed by atoms with Gasteiger partial charge in [-0.1, -0.05) is 6.07 Å². The number of rotatable bonds is 5. The zero-order valence-electron chi connectivity index (χ0n) is 9.43. The Morgan fingerprint density at radius 3 is 3.00 bits per heavy atom. The summed E-state index contributed by atoms with van der Waals surface area (Å²) in [5.41, 5.74) is 2.27. The first-order valence-electron chi connectivity index (χ1n) is 5.44. The summed E-state index contributed by atoms with van der Waals surface area (Å²) >= 11 is 0. The number of nitrogens with one attached hydrogen (secondary N) is 1. The standard InChI is InChI=1S/C12H16N4/c1-11-8-15-16(10-11)7-6-13-9-12-4-2-3-5-14-12/h2-5,8,10,13H,6-7,9H2,1H3. The Hall–Kier alpha value is -1.68. The molecule has 0 unspecified atom stereocenters. The third-order valence-electron chi connectivity index (χ3n) is 2.31. The Kier molecular flexibility index (Phi) is 3.66. The topological polar surface area (TPSA) is 42.7 Å². The Morgan fingerprint density at radius 1 is 1.38 bits per heavy atom. The molecule has 0 saturated heterocycles. The Morgan fingerprint density at radius 2 is 2.31 bits per heavy atom. The quantitative estimate of drug-likeness (QED) is 0.768. The lowest BCUT2D eigenvalue weighted by Crippen LogP contribution is -2.20. The van der Waals surface area contributed by atoms with E-state index in [1.54, 1.807) is 0 Å². The molecule has 4 heteroatoms. The van der Waals surface area contributed by atoms with Gasteiger partial charge in [0.2, 0.25) is 0 Å². The van der Waals surface area contributed by atoms with E-state index in [-0.39, 0.29) is 0 Å². The summed E-state index contributed by atoms with van der Waals surface area (Å²) in [6.07, 6.45) is 5.73. The van der Waals surface area contributed by atoms with Crippen molar-refractivity contribution in [3.63, 3.8) is 0 Å². The molecular weight excluding hydrogens is 200 g/mol. The zero-order chi connectivity index (χ0) is 11.2. The van der Waals surface area contributed by atoms with Gasteiger partial charge in [-0.25, -0.2) is 0 Å². The fourth-order valence-electron chi connectivity index (χ4n) is 1.50. The van der Waals surface area contributed by atoms with E-state index in [0.29, 0.717) is 0 Å². The third kappa shape index (κ3) is 3.17. The van der Waals surface area contributed by atoms with E-state index in [9.17, 15) is 0 Å². The Labute approximate surface area is 95.3 Å². The minimum atomic E-state index is 0.807. The maximum atomic E-state index is 4.24. The second kappa shape index (κ2) is 5.42. The molecule has 16 heavy (non-hydrogen) atoms. The van der Waals surface area contributed by atoms with Crippen LogP contribution in [0.4, 0.5) is 0 Å². The first-order valence-corrected chi connectivity index (χ1v) is 5.44. The van der Waals surface area contributed by atoms with Crippen molar-refractivity contribution in [2.75, 3.05) is 6.54 Å². The van der Waals surface area contributed by atoms with Crippen LogP contribution in [0.15, 0.2) is 36.8 Å². The summed E-state index contributed by atoms with van der Waals surface area (Å²) in [5, 5.41) is 7.56. The number of hydrogen-bond donors (Lipinski definition) is 1. The highest BCUT2D eigenvalue weighted by Gasteiger charge is 1.94. The number of hydrogen-bond acceptors (Lipinski definition) is 3. The summed E-state index contributed by atoms with van der Waals surface area (Å²) in [5.74, 6) is 0. The molecule has 84 valence electrons. The van der Waals surface area contributed by atoms with Gasteiger partial charge in [0.1, 0.15) is 0 Å². The SMILES string of the molecule is Cc1cnn(CCNCc2ccccn2)c1. The van der Waals surface area contributed by atoms with Crippen LogP contribution in [-0.2, 0) is 13.1 Å². The molecular formula is C12H16N4. The second-order valence-corrected chi connectivity index (χ2v) is 3.78. The van der Waals surface area contributed by atoms with E-state index in [1.807, 2.05) is 48.4 Å². The predicted molar refractivity (Wildman–Crippen MR) is 62.9 cm³/mol. The molecule has 0 aliphatic rings. The lowest BCUT2D eigenvalue weighted by Gasteiger charge is -2.04. The largest absolute Gasteiger partial charge is 0.309 e. The fraction of sp³-hybridized carbons (Fsp3) is 0.333. The van der Waals surface area contributed by atoms with Crippen LogP contribution in [0.1, 0.15) is 11.3 Å². The Balaban J connectivity index is 1.69. The van der Waals surface area contributed by atoms with E-state index < -0.39 is 0 Å². The average Bonchev–Trinajstić information content (AvgIpc) is 2.72. The minimum absolute atomic E-state index is 0.807. The third-order valence-corrected chi connectivity index (χ3v) is 2.31. The molecule has 0 atom stereocenters. The van der Waals surface area contributed by atoms with Gasteiger partial charge < -0.3 is 5.32 Å². The van der Waals surface area contributed by atoms with E-state index >= 15 is 0 Å². The number of aryl methyl sites for hydroxylation is 1. The lowest BCUT2D eigenvalue weighted by atomic mass is 10.3. The van der Waals surface area contributed by atoms with Crippen molar-refractivity contribution in [2.24, 2.45) is 0 Å². The first kappa shape index (κ1) is 10.8. The van der Waals surface area contributed by atoms with E-state index in [4.69, 9.17) is 0 Å². The van der Waals surface area contributed by atoms with Crippen molar-refractivity contribution >= 4 is 0 Å². The van der Waals surface area contributed by atoms with Crippen molar-refractivity contribution in [2.45, 2.75) is 20.0 Å². The van der Waals surface area contributed by atoms with Crippen LogP contribution < -0.4 is 5.32 Å².